The van der Waals surface area contributed by atoms with Crippen LogP contribution < -0.4 is 0 Å². The molecule has 1 saturated carbocycles. The summed E-state index contributed by atoms with van der Waals surface area (Å²) < 4.78 is 0. The molecule has 2 aliphatic rings. The molecule has 2 fully saturated rings. The molecule has 1 aromatic carbocycles. The molecule has 2 unspecified atom stereocenters. The molecule has 2 atom stereocenters. The zero-order valence-corrected chi connectivity index (χ0v) is 15.0. The van der Waals surface area contributed by atoms with Crippen molar-refractivity contribution in [2.45, 2.75) is 32.1 Å². The van der Waals surface area contributed by atoms with Crippen LogP contribution in [0.25, 0.3) is 0 Å². The van der Waals surface area contributed by atoms with E-state index in [1.54, 1.807) is 0 Å². The molecule has 0 spiro atoms. The van der Waals surface area contributed by atoms with E-state index in [4.69, 9.17) is 0 Å². The average molecular weight is 358 g/mol. The fourth-order valence-corrected chi connectivity index (χ4v) is 4.00. The summed E-state index contributed by atoms with van der Waals surface area (Å²) in [4.78, 5) is 40.3. The molecule has 1 saturated heterocycles. The number of benzene rings is 1. The highest BCUT2D eigenvalue weighted by molar-refractivity contribution is 5.94. The molecule has 1 aromatic rings. The van der Waals surface area contributed by atoms with E-state index < -0.39 is 11.9 Å². The molecule has 6 nitrogen and oxygen atoms in total. The fraction of sp³-hybridized carbons (Fsp3) is 0.550. The number of nitrogens with zero attached hydrogens (tertiary/aromatic N) is 2. The average Bonchev–Trinajstić information content (AvgIpc) is 2.94. The molecule has 26 heavy (non-hydrogen) atoms. The third kappa shape index (κ3) is 4.23. The monoisotopic (exact) mass is 358 g/mol. The molecule has 2 amide bonds. The first-order chi connectivity index (χ1) is 12.6. The van der Waals surface area contributed by atoms with Crippen LogP contribution >= 0.6 is 0 Å². The van der Waals surface area contributed by atoms with E-state index in [-0.39, 0.29) is 17.7 Å². The summed E-state index contributed by atoms with van der Waals surface area (Å²) in [5.74, 6) is -1.33. The molecule has 1 heterocycles. The van der Waals surface area contributed by atoms with Gasteiger partial charge in [0.1, 0.15) is 0 Å². The van der Waals surface area contributed by atoms with Crippen molar-refractivity contribution in [1.82, 2.24) is 9.80 Å². The van der Waals surface area contributed by atoms with Gasteiger partial charge in [-0.2, -0.15) is 0 Å². The van der Waals surface area contributed by atoms with Crippen LogP contribution in [0, 0.1) is 11.8 Å². The van der Waals surface area contributed by atoms with Gasteiger partial charge in [-0.25, -0.2) is 0 Å². The smallest absolute Gasteiger partial charge is 0.306 e. The Kier molecular flexibility index (Phi) is 5.91. The molecule has 1 N–H and O–H groups in total. The second-order valence-electron chi connectivity index (χ2n) is 7.24. The van der Waals surface area contributed by atoms with Crippen LogP contribution in [0.3, 0.4) is 0 Å². The van der Waals surface area contributed by atoms with Crippen LogP contribution in [0.1, 0.15) is 42.5 Å². The summed E-state index contributed by atoms with van der Waals surface area (Å²) in [5, 5.41) is 9.23. The Bertz CT molecular complexity index is 661. The maximum Gasteiger partial charge on any atom is 0.306 e. The first kappa shape index (κ1) is 18.4. The van der Waals surface area contributed by atoms with E-state index in [0.29, 0.717) is 44.6 Å². The highest BCUT2D eigenvalue weighted by Crippen LogP contribution is 2.30. The summed E-state index contributed by atoms with van der Waals surface area (Å²) in [6, 6.07) is 9.20. The van der Waals surface area contributed by atoms with Crippen molar-refractivity contribution in [3.8, 4) is 0 Å². The molecular formula is C20H26N2O4. The first-order valence-corrected chi connectivity index (χ1v) is 9.42. The second-order valence-corrected chi connectivity index (χ2v) is 7.24. The van der Waals surface area contributed by atoms with Crippen molar-refractivity contribution in [1.29, 1.82) is 0 Å². The molecule has 1 aliphatic heterocycles. The summed E-state index contributed by atoms with van der Waals surface area (Å²) >= 11 is 0. The second kappa shape index (κ2) is 8.34. The van der Waals surface area contributed by atoms with Gasteiger partial charge in [-0.3, -0.25) is 14.4 Å². The minimum atomic E-state index is -0.794. The van der Waals surface area contributed by atoms with Gasteiger partial charge in [0.25, 0.3) is 5.91 Å². The number of carbonyl (C=O) groups excluding carboxylic acids is 2. The lowest BCUT2D eigenvalue weighted by atomic mass is 9.80. The molecule has 1 aliphatic carbocycles. The maximum absolute atomic E-state index is 12.9. The number of carboxylic acids is 1. The SMILES string of the molecule is O=C(O)C1CCCC(C(=O)N2CCCN(C(=O)c3ccccc3)CC2)C1. The number of aliphatic carboxylic acids is 1. The maximum atomic E-state index is 12.9. The number of carboxylic acid groups (broad SMARTS) is 1. The Hall–Kier alpha value is -2.37. The van der Waals surface area contributed by atoms with Crippen molar-refractivity contribution in [3.05, 3.63) is 35.9 Å². The van der Waals surface area contributed by atoms with Crippen LogP contribution in [0.5, 0.6) is 0 Å². The Morgan fingerprint density at radius 2 is 1.50 bits per heavy atom. The van der Waals surface area contributed by atoms with Gasteiger partial charge in [-0.05, 0) is 37.8 Å². The van der Waals surface area contributed by atoms with Crippen LogP contribution in [-0.2, 0) is 9.59 Å². The number of hydrogen-bond donors (Lipinski definition) is 1. The van der Waals surface area contributed by atoms with Crippen LogP contribution in [0.15, 0.2) is 30.3 Å². The topological polar surface area (TPSA) is 77.9 Å². The van der Waals surface area contributed by atoms with Gasteiger partial charge in [0.2, 0.25) is 5.91 Å². The molecule has 0 aromatic heterocycles. The van der Waals surface area contributed by atoms with E-state index >= 15 is 0 Å². The number of hydrogen-bond acceptors (Lipinski definition) is 3. The minimum absolute atomic E-state index is 0.00325. The lowest BCUT2D eigenvalue weighted by Crippen LogP contribution is -2.41. The minimum Gasteiger partial charge on any atom is -0.481 e. The molecule has 3 rings (SSSR count). The van der Waals surface area contributed by atoms with E-state index in [2.05, 4.69) is 0 Å². The van der Waals surface area contributed by atoms with Crippen molar-refractivity contribution < 1.29 is 19.5 Å². The molecular weight excluding hydrogens is 332 g/mol. The largest absolute Gasteiger partial charge is 0.481 e. The summed E-state index contributed by atoms with van der Waals surface area (Å²) in [6.45, 7) is 2.31. The van der Waals surface area contributed by atoms with E-state index in [1.807, 2.05) is 40.1 Å². The van der Waals surface area contributed by atoms with E-state index in [9.17, 15) is 19.5 Å². The van der Waals surface area contributed by atoms with Gasteiger partial charge in [0.15, 0.2) is 0 Å². The Labute approximate surface area is 153 Å². The highest BCUT2D eigenvalue weighted by Gasteiger charge is 2.34. The van der Waals surface area contributed by atoms with Gasteiger partial charge in [0, 0.05) is 37.7 Å². The third-order valence-corrected chi connectivity index (χ3v) is 5.49. The third-order valence-electron chi connectivity index (χ3n) is 5.49. The van der Waals surface area contributed by atoms with E-state index in [0.717, 1.165) is 19.3 Å². The summed E-state index contributed by atoms with van der Waals surface area (Å²) in [5.41, 5.74) is 0.670. The fourth-order valence-electron chi connectivity index (χ4n) is 4.00. The van der Waals surface area contributed by atoms with Crippen molar-refractivity contribution in [2.75, 3.05) is 26.2 Å². The normalized spacial score (nSPS) is 24.0. The molecule has 6 heteroatoms. The quantitative estimate of drug-likeness (QED) is 0.899. The van der Waals surface area contributed by atoms with Gasteiger partial charge < -0.3 is 14.9 Å². The number of carbonyl (C=O) groups is 3. The predicted octanol–water partition coefficient (Wildman–Crippen LogP) is 2.25. The first-order valence-electron chi connectivity index (χ1n) is 9.42. The van der Waals surface area contributed by atoms with Crippen LogP contribution in [0.2, 0.25) is 0 Å². The number of rotatable bonds is 3. The van der Waals surface area contributed by atoms with Gasteiger partial charge in [-0.1, -0.05) is 24.6 Å². The van der Waals surface area contributed by atoms with E-state index in [1.165, 1.54) is 0 Å². The summed E-state index contributed by atoms with van der Waals surface area (Å²) in [7, 11) is 0. The van der Waals surface area contributed by atoms with Crippen LogP contribution in [-0.4, -0.2) is 58.9 Å². The number of amides is 2. The Balaban J connectivity index is 1.59. The zero-order valence-electron chi connectivity index (χ0n) is 15.0. The van der Waals surface area contributed by atoms with Crippen molar-refractivity contribution in [2.24, 2.45) is 11.8 Å². The van der Waals surface area contributed by atoms with Crippen molar-refractivity contribution >= 4 is 17.8 Å². The van der Waals surface area contributed by atoms with Gasteiger partial charge >= 0.3 is 5.97 Å². The summed E-state index contributed by atoms with van der Waals surface area (Å²) in [6.07, 6.45) is 3.42. The van der Waals surface area contributed by atoms with Crippen LogP contribution in [0.4, 0.5) is 0 Å². The molecule has 0 bridgehead atoms. The lowest BCUT2D eigenvalue weighted by Gasteiger charge is -2.30. The molecule has 0 radical (unpaired) electrons. The van der Waals surface area contributed by atoms with Crippen molar-refractivity contribution in [3.63, 3.8) is 0 Å². The Morgan fingerprint density at radius 3 is 2.23 bits per heavy atom. The van der Waals surface area contributed by atoms with Gasteiger partial charge in [0.05, 0.1) is 5.92 Å². The Morgan fingerprint density at radius 1 is 0.846 bits per heavy atom. The van der Waals surface area contributed by atoms with Gasteiger partial charge in [-0.15, -0.1) is 0 Å². The predicted molar refractivity (Wildman–Crippen MR) is 96.6 cm³/mol. The standard InChI is InChI=1S/C20H26N2O4/c23-18(15-6-2-1-3-7-15)21-10-5-11-22(13-12-21)19(24)16-8-4-9-17(14-16)20(25)26/h1-3,6-7,16-17H,4-5,8-14H2,(H,25,26). The lowest BCUT2D eigenvalue weighted by molar-refractivity contribution is -0.145. The highest BCUT2D eigenvalue weighted by atomic mass is 16.4. The molecule has 140 valence electrons. The zero-order chi connectivity index (χ0) is 18.5.